The number of amides is 1. The molecule has 1 aromatic carbocycles. The Morgan fingerprint density at radius 1 is 1.24 bits per heavy atom. The molecule has 2 heterocycles. The maximum absolute atomic E-state index is 13.1. The molecule has 2 aliphatic heterocycles. The Bertz CT molecular complexity index is 683. The number of aliphatic hydroxyl groups excluding tert-OH is 1. The Kier molecular flexibility index (Phi) is 7.91. The molecule has 7 nitrogen and oxygen atoms in total. The number of hydrogen-bond donors (Lipinski definition) is 1. The Balaban J connectivity index is 1.92. The molecule has 2 aliphatic rings. The molecule has 160 valence electrons. The second-order valence-corrected chi connectivity index (χ2v) is 7.21. The van der Waals surface area contributed by atoms with Gasteiger partial charge >= 0.3 is 0 Å². The summed E-state index contributed by atoms with van der Waals surface area (Å²) in [4.78, 5) is 14.8. The molecule has 0 bridgehead atoms. The van der Waals surface area contributed by atoms with E-state index in [0.29, 0.717) is 45.1 Å². The Morgan fingerprint density at radius 2 is 1.97 bits per heavy atom. The van der Waals surface area contributed by atoms with Gasteiger partial charge in [-0.1, -0.05) is 12.1 Å². The number of hydrogen-bond acceptors (Lipinski definition) is 6. The average molecular weight is 405 g/mol. The third-order valence-corrected chi connectivity index (χ3v) is 5.42. The smallest absolute Gasteiger partial charge is 0.288 e. The number of allylic oxidation sites excluding steroid dienone is 1. The summed E-state index contributed by atoms with van der Waals surface area (Å²) in [5, 5.41) is 9.36. The van der Waals surface area contributed by atoms with E-state index < -0.39 is 6.29 Å². The lowest BCUT2D eigenvalue weighted by Crippen LogP contribution is -2.44. The summed E-state index contributed by atoms with van der Waals surface area (Å²) in [5.74, 6) is 0.917. The second-order valence-electron chi connectivity index (χ2n) is 7.21. The molecule has 1 N–H and O–H groups in total. The van der Waals surface area contributed by atoms with Crippen LogP contribution in [0, 0.1) is 5.92 Å². The standard InChI is InChI=1S/C22H31NO6/c1-3-28-22-18(5-4-12-24)19(16-6-8-17(26-2)9-7-16)15-20(29-22)21(25)23-10-13-27-14-11-23/h6-9,15,18-19,22,24H,3-5,10-14H2,1-2H3/t18-,19-,22-/m0/s1. The van der Waals surface area contributed by atoms with E-state index in [1.54, 1.807) is 12.0 Å². The Labute approximate surface area is 172 Å². The van der Waals surface area contributed by atoms with Crippen molar-refractivity contribution in [2.75, 3.05) is 46.6 Å². The summed E-state index contributed by atoms with van der Waals surface area (Å²) >= 11 is 0. The van der Waals surface area contributed by atoms with Gasteiger partial charge in [0, 0.05) is 38.1 Å². The molecule has 1 saturated heterocycles. The van der Waals surface area contributed by atoms with Crippen LogP contribution in [-0.4, -0.2) is 68.8 Å². The minimum absolute atomic E-state index is 0.00302. The quantitative estimate of drug-likeness (QED) is 0.715. The van der Waals surface area contributed by atoms with Crippen LogP contribution < -0.4 is 4.74 Å². The summed E-state index contributed by atoms with van der Waals surface area (Å²) in [6, 6.07) is 7.86. The van der Waals surface area contributed by atoms with E-state index in [1.807, 2.05) is 37.3 Å². The van der Waals surface area contributed by atoms with Gasteiger partial charge in [0.15, 0.2) is 5.76 Å². The monoisotopic (exact) mass is 405 g/mol. The molecular formula is C22H31NO6. The lowest BCUT2D eigenvalue weighted by atomic mass is 9.80. The van der Waals surface area contributed by atoms with Gasteiger partial charge in [-0.15, -0.1) is 0 Å². The fourth-order valence-electron chi connectivity index (χ4n) is 3.89. The number of ether oxygens (including phenoxy) is 4. The first-order valence-electron chi connectivity index (χ1n) is 10.3. The van der Waals surface area contributed by atoms with Crippen LogP contribution in [-0.2, 0) is 19.0 Å². The van der Waals surface area contributed by atoms with Gasteiger partial charge in [0.1, 0.15) is 5.75 Å². The van der Waals surface area contributed by atoms with Crippen molar-refractivity contribution in [2.45, 2.75) is 32.0 Å². The molecule has 0 spiro atoms. The molecule has 1 amide bonds. The summed E-state index contributed by atoms with van der Waals surface area (Å²) < 4.78 is 22.6. The van der Waals surface area contributed by atoms with Crippen LogP contribution in [0.2, 0.25) is 0 Å². The molecule has 0 saturated carbocycles. The first kappa shape index (κ1) is 21.6. The summed E-state index contributed by atoms with van der Waals surface area (Å²) in [5.41, 5.74) is 1.06. The highest BCUT2D eigenvalue weighted by Crippen LogP contribution is 2.40. The molecule has 0 radical (unpaired) electrons. The first-order chi connectivity index (χ1) is 14.2. The van der Waals surface area contributed by atoms with Gasteiger partial charge in [-0.2, -0.15) is 0 Å². The number of carbonyl (C=O) groups is 1. The highest BCUT2D eigenvalue weighted by Gasteiger charge is 2.39. The van der Waals surface area contributed by atoms with Crippen molar-refractivity contribution < 1.29 is 28.8 Å². The molecule has 3 rings (SSSR count). The second kappa shape index (κ2) is 10.6. The van der Waals surface area contributed by atoms with Crippen molar-refractivity contribution in [1.29, 1.82) is 0 Å². The van der Waals surface area contributed by atoms with Gasteiger partial charge in [0.05, 0.1) is 20.3 Å². The van der Waals surface area contributed by atoms with E-state index in [2.05, 4.69) is 0 Å². The topological polar surface area (TPSA) is 77.5 Å². The minimum atomic E-state index is -0.538. The average Bonchev–Trinajstić information content (AvgIpc) is 2.78. The molecule has 1 aromatic rings. The molecule has 0 aliphatic carbocycles. The molecule has 7 heteroatoms. The zero-order valence-corrected chi connectivity index (χ0v) is 17.2. The predicted molar refractivity (Wildman–Crippen MR) is 108 cm³/mol. The van der Waals surface area contributed by atoms with Crippen LogP contribution >= 0.6 is 0 Å². The SMILES string of the molecule is CCO[C@H]1OC(C(=O)N2CCOCC2)=C[C@@H](c2ccc(OC)cc2)[C@@H]1CCCO. The third kappa shape index (κ3) is 5.29. The predicted octanol–water partition coefficient (Wildman–Crippen LogP) is 2.30. The number of rotatable bonds is 8. The fourth-order valence-corrected chi connectivity index (χ4v) is 3.89. The summed E-state index contributed by atoms with van der Waals surface area (Å²) in [6.07, 6.45) is 2.75. The van der Waals surface area contributed by atoms with Crippen molar-refractivity contribution >= 4 is 5.91 Å². The van der Waals surface area contributed by atoms with Crippen LogP contribution in [0.3, 0.4) is 0 Å². The van der Waals surface area contributed by atoms with Gasteiger partial charge in [-0.25, -0.2) is 0 Å². The minimum Gasteiger partial charge on any atom is -0.497 e. The Hall–Kier alpha value is -2.09. The van der Waals surface area contributed by atoms with Crippen molar-refractivity contribution in [1.82, 2.24) is 4.90 Å². The van der Waals surface area contributed by atoms with E-state index in [4.69, 9.17) is 18.9 Å². The number of methoxy groups -OCH3 is 1. The van der Waals surface area contributed by atoms with Crippen LogP contribution in [0.5, 0.6) is 5.75 Å². The van der Waals surface area contributed by atoms with Gasteiger partial charge in [0.25, 0.3) is 5.91 Å². The molecule has 0 aromatic heterocycles. The van der Waals surface area contributed by atoms with Gasteiger partial charge < -0.3 is 29.0 Å². The maximum atomic E-state index is 13.1. The number of aliphatic hydroxyl groups is 1. The van der Waals surface area contributed by atoms with E-state index in [0.717, 1.165) is 17.7 Å². The highest BCUT2D eigenvalue weighted by atomic mass is 16.7. The van der Waals surface area contributed by atoms with Crippen molar-refractivity contribution in [2.24, 2.45) is 5.92 Å². The van der Waals surface area contributed by atoms with E-state index >= 15 is 0 Å². The van der Waals surface area contributed by atoms with Crippen molar-refractivity contribution in [3.8, 4) is 5.75 Å². The first-order valence-corrected chi connectivity index (χ1v) is 10.3. The summed E-state index contributed by atoms with van der Waals surface area (Å²) in [7, 11) is 1.64. The van der Waals surface area contributed by atoms with Gasteiger partial charge in [-0.05, 0) is 43.5 Å². The van der Waals surface area contributed by atoms with Crippen molar-refractivity contribution in [3.05, 3.63) is 41.7 Å². The van der Waals surface area contributed by atoms with Gasteiger partial charge in [-0.3, -0.25) is 4.79 Å². The highest BCUT2D eigenvalue weighted by molar-refractivity contribution is 5.92. The van der Waals surface area contributed by atoms with E-state index in [9.17, 15) is 9.90 Å². The van der Waals surface area contributed by atoms with Crippen LogP contribution in [0.25, 0.3) is 0 Å². The fraction of sp³-hybridized carbons (Fsp3) is 0.591. The van der Waals surface area contributed by atoms with E-state index in [1.165, 1.54) is 0 Å². The van der Waals surface area contributed by atoms with Crippen LogP contribution in [0.1, 0.15) is 31.2 Å². The van der Waals surface area contributed by atoms with Crippen LogP contribution in [0.15, 0.2) is 36.1 Å². The largest absolute Gasteiger partial charge is 0.497 e. The third-order valence-electron chi connectivity index (χ3n) is 5.42. The lowest BCUT2D eigenvalue weighted by molar-refractivity contribution is -0.171. The normalized spacial score (nSPS) is 24.6. The zero-order chi connectivity index (χ0) is 20.6. The van der Waals surface area contributed by atoms with E-state index in [-0.39, 0.29) is 24.3 Å². The number of nitrogens with zero attached hydrogens (tertiary/aromatic N) is 1. The zero-order valence-electron chi connectivity index (χ0n) is 17.2. The number of carbonyl (C=O) groups excluding carboxylic acids is 1. The molecular weight excluding hydrogens is 374 g/mol. The van der Waals surface area contributed by atoms with Gasteiger partial charge in [0.2, 0.25) is 6.29 Å². The Morgan fingerprint density at radius 3 is 2.59 bits per heavy atom. The number of benzene rings is 1. The number of morpholine rings is 1. The maximum Gasteiger partial charge on any atom is 0.288 e. The molecule has 0 unspecified atom stereocenters. The lowest BCUT2D eigenvalue weighted by Gasteiger charge is -2.38. The molecule has 3 atom stereocenters. The molecule has 1 fully saturated rings. The van der Waals surface area contributed by atoms with Crippen molar-refractivity contribution in [3.63, 3.8) is 0 Å². The summed E-state index contributed by atoms with van der Waals surface area (Å²) in [6.45, 7) is 4.68. The van der Waals surface area contributed by atoms with Crippen LogP contribution in [0.4, 0.5) is 0 Å². The molecule has 29 heavy (non-hydrogen) atoms.